The Morgan fingerprint density at radius 3 is 2.67 bits per heavy atom. The van der Waals surface area contributed by atoms with E-state index < -0.39 is 0 Å². The zero-order valence-corrected chi connectivity index (χ0v) is 10.2. The lowest BCUT2D eigenvalue weighted by atomic mass is 10.1. The predicted molar refractivity (Wildman–Crippen MR) is 76.6 cm³/mol. The molecule has 0 fully saturated rings. The van der Waals surface area contributed by atoms with Crippen LogP contribution in [0.25, 0.3) is 10.8 Å². The van der Waals surface area contributed by atoms with E-state index in [1.807, 2.05) is 18.2 Å². The van der Waals surface area contributed by atoms with Crippen molar-refractivity contribution in [2.75, 3.05) is 11.9 Å². The van der Waals surface area contributed by atoms with Gasteiger partial charge in [-0.3, -0.25) is 0 Å². The van der Waals surface area contributed by atoms with Gasteiger partial charge in [0.2, 0.25) is 0 Å². The Kier molecular flexibility index (Phi) is 2.63. The van der Waals surface area contributed by atoms with Gasteiger partial charge in [-0.25, -0.2) is 0 Å². The summed E-state index contributed by atoms with van der Waals surface area (Å²) in [5.74, 6) is 0. The molecule has 1 aliphatic rings. The Morgan fingerprint density at radius 1 is 1.00 bits per heavy atom. The molecule has 0 atom stereocenters. The number of allylic oxidation sites excluding steroid dienone is 3. The van der Waals surface area contributed by atoms with Crippen molar-refractivity contribution in [3.63, 3.8) is 0 Å². The minimum atomic E-state index is 1.02. The molecule has 0 aromatic heterocycles. The molecule has 0 saturated carbocycles. The van der Waals surface area contributed by atoms with Crippen LogP contribution in [0.5, 0.6) is 0 Å². The first kappa shape index (κ1) is 10.7. The maximum Gasteiger partial charge on any atom is 0.0925 e. The number of rotatable bonds is 2. The molecule has 3 rings (SSSR count). The zero-order valence-electron chi connectivity index (χ0n) is 10.2. The predicted octanol–water partition coefficient (Wildman–Crippen LogP) is 4.04. The summed E-state index contributed by atoms with van der Waals surface area (Å²) in [4.78, 5) is 2.14. The second kappa shape index (κ2) is 4.43. The summed E-state index contributed by atoms with van der Waals surface area (Å²) in [5.41, 5.74) is 8.33. The normalized spacial score (nSPS) is 12.8. The number of likely N-dealkylation sites (N-methyl/N-ethyl adjacent to an activating group) is 1. The van der Waals surface area contributed by atoms with Crippen molar-refractivity contribution in [3.8, 4) is 0 Å². The number of hydrogen-bond acceptors (Lipinski definition) is 1. The van der Waals surface area contributed by atoms with Gasteiger partial charge in [0.15, 0.2) is 0 Å². The molecule has 0 spiro atoms. The molecule has 0 heterocycles. The van der Waals surface area contributed by atoms with Crippen LogP contribution in [-0.2, 0) is 0 Å². The van der Waals surface area contributed by atoms with Crippen LogP contribution in [0.4, 0.5) is 5.69 Å². The highest BCUT2D eigenvalue weighted by molar-refractivity contribution is 5.95. The van der Waals surface area contributed by atoms with Crippen molar-refractivity contribution >= 4 is 16.5 Å². The van der Waals surface area contributed by atoms with Crippen LogP contribution < -0.4 is 4.90 Å². The molecule has 1 nitrogen and oxygen atoms in total. The summed E-state index contributed by atoms with van der Waals surface area (Å²) in [6, 6.07) is 14.8. The molecule has 0 unspecified atom stereocenters. The van der Waals surface area contributed by atoms with Crippen molar-refractivity contribution in [3.05, 3.63) is 77.9 Å². The third kappa shape index (κ3) is 1.78. The van der Waals surface area contributed by atoms with Crippen LogP contribution in [0.15, 0.2) is 77.9 Å². The summed E-state index contributed by atoms with van der Waals surface area (Å²) in [5, 5.41) is 2.50. The molecule has 0 saturated heterocycles. The second-order valence-corrected chi connectivity index (χ2v) is 4.24. The molecular formula is C17H13N. The molecule has 2 aromatic carbocycles. The van der Waals surface area contributed by atoms with Crippen molar-refractivity contribution in [2.24, 2.45) is 0 Å². The van der Waals surface area contributed by atoms with Crippen molar-refractivity contribution in [2.45, 2.75) is 0 Å². The first-order valence-corrected chi connectivity index (χ1v) is 5.96. The highest BCUT2D eigenvalue weighted by atomic mass is 15.1. The molecule has 2 aromatic rings. The monoisotopic (exact) mass is 231 g/mol. The highest BCUT2D eigenvalue weighted by Gasteiger charge is 2.08. The number of anilines is 1. The zero-order chi connectivity index (χ0) is 12.4. The molecular weight excluding hydrogens is 218 g/mol. The molecule has 0 bridgehead atoms. The fraction of sp³-hybridized carbons (Fsp3) is 0.0588. The summed E-state index contributed by atoms with van der Waals surface area (Å²) < 4.78 is 0. The van der Waals surface area contributed by atoms with Crippen molar-refractivity contribution < 1.29 is 0 Å². The van der Waals surface area contributed by atoms with Gasteiger partial charge in [0, 0.05) is 18.1 Å². The first-order chi connectivity index (χ1) is 8.86. The lowest BCUT2D eigenvalue weighted by Gasteiger charge is -2.21. The van der Waals surface area contributed by atoms with E-state index in [1.165, 1.54) is 16.5 Å². The topological polar surface area (TPSA) is 3.24 Å². The van der Waals surface area contributed by atoms with Gasteiger partial charge in [-0.1, -0.05) is 48.2 Å². The van der Waals surface area contributed by atoms with E-state index in [9.17, 15) is 0 Å². The molecule has 0 amide bonds. The van der Waals surface area contributed by atoms with Gasteiger partial charge < -0.3 is 4.90 Å². The molecule has 86 valence electrons. The Labute approximate surface area is 107 Å². The van der Waals surface area contributed by atoms with E-state index >= 15 is 0 Å². The summed E-state index contributed by atoms with van der Waals surface area (Å²) >= 11 is 0. The minimum Gasteiger partial charge on any atom is -0.337 e. The molecule has 0 aliphatic heterocycles. The van der Waals surface area contributed by atoms with Crippen LogP contribution >= 0.6 is 0 Å². The fourth-order valence-electron chi connectivity index (χ4n) is 2.17. The van der Waals surface area contributed by atoms with Crippen LogP contribution in [-0.4, -0.2) is 7.05 Å². The van der Waals surface area contributed by atoms with Gasteiger partial charge in [-0.05, 0) is 29.3 Å². The van der Waals surface area contributed by atoms with E-state index in [1.54, 1.807) is 0 Å². The van der Waals surface area contributed by atoms with E-state index in [0.29, 0.717) is 0 Å². The molecule has 1 heteroatoms. The van der Waals surface area contributed by atoms with Crippen LogP contribution in [0.1, 0.15) is 0 Å². The van der Waals surface area contributed by atoms with Gasteiger partial charge in [-0.15, -0.1) is 0 Å². The SMILES string of the molecule is CN(C1=C=C=CC=C1)c1cccc2ccccc12. The van der Waals surface area contributed by atoms with E-state index in [4.69, 9.17) is 0 Å². The number of hydrogen-bond donors (Lipinski definition) is 0. The number of fused-ring (bicyclic) bond motifs is 1. The van der Waals surface area contributed by atoms with Gasteiger partial charge in [0.1, 0.15) is 0 Å². The van der Waals surface area contributed by atoms with Gasteiger partial charge >= 0.3 is 0 Å². The Bertz CT molecular complexity index is 719. The summed E-state index contributed by atoms with van der Waals surface area (Å²) in [7, 11) is 2.06. The lowest BCUT2D eigenvalue weighted by molar-refractivity contribution is 1.15. The largest absolute Gasteiger partial charge is 0.337 e. The standard InChI is InChI=1S/C17H13N/c1-18(15-10-3-2-4-11-15)17-13-7-9-14-8-5-6-12-16(14)17/h2-3,5-10,12-13H,1H3. The second-order valence-electron chi connectivity index (χ2n) is 4.24. The summed E-state index contributed by atoms with van der Waals surface area (Å²) in [6.07, 6.45) is 5.88. The Hall–Kier alpha value is -2.46. The van der Waals surface area contributed by atoms with Gasteiger partial charge in [-0.2, -0.15) is 0 Å². The van der Waals surface area contributed by atoms with E-state index in [2.05, 4.69) is 65.9 Å². The minimum absolute atomic E-state index is 1.02. The maximum atomic E-state index is 3.13. The smallest absolute Gasteiger partial charge is 0.0925 e. The average molecular weight is 231 g/mol. The van der Waals surface area contributed by atoms with Gasteiger partial charge in [0.05, 0.1) is 5.70 Å². The van der Waals surface area contributed by atoms with E-state index in [-0.39, 0.29) is 0 Å². The maximum absolute atomic E-state index is 3.13. The fourth-order valence-corrected chi connectivity index (χ4v) is 2.17. The van der Waals surface area contributed by atoms with Crippen LogP contribution in [0.3, 0.4) is 0 Å². The first-order valence-electron chi connectivity index (χ1n) is 5.96. The molecule has 0 N–H and O–H groups in total. The molecule has 1 aliphatic carbocycles. The van der Waals surface area contributed by atoms with Gasteiger partial charge in [0.25, 0.3) is 0 Å². The van der Waals surface area contributed by atoms with Crippen molar-refractivity contribution in [1.82, 2.24) is 0 Å². The lowest BCUT2D eigenvalue weighted by Crippen LogP contribution is -2.14. The number of nitrogens with zero attached hydrogens (tertiary/aromatic N) is 1. The molecule has 0 radical (unpaired) electrons. The van der Waals surface area contributed by atoms with Crippen molar-refractivity contribution in [1.29, 1.82) is 0 Å². The quantitative estimate of drug-likeness (QED) is 0.705. The Balaban J connectivity index is 2.18. The number of benzene rings is 2. The molecule has 18 heavy (non-hydrogen) atoms. The van der Waals surface area contributed by atoms with E-state index in [0.717, 1.165) is 5.70 Å². The average Bonchev–Trinajstić information content (AvgIpc) is 2.47. The van der Waals surface area contributed by atoms with Crippen LogP contribution in [0, 0.1) is 0 Å². The third-order valence-electron chi connectivity index (χ3n) is 3.12. The Morgan fingerprint density at radius 2 is 1.83 bits per heavy atom. The van der Waals surface area contributed by atoms with Crippen LogP contribution in [0.2, 0.25) is 0 Å². The summed E-state index contributed by atoms with van der Waals surface area (Å²) in [6.45, 7) is 0. The third-order valence-corrected chi connectivity index (χ3v) is 3.12. The highest BCUT2D eigenvalue weighted by Crippen LogP contribution is 2.28.